The fraction of sp³-hybridized carbons (Fsp3) is 0.389. The van der Waals surface area contributed by atoms with E-state index in [1.54, 1.807) is 37.4 Å². The van der Waals surface area contributed by atoms with E-state index in [-0.39, 0.29) is 12.5 Å². The van der Waals surface area contributed by atoms with Crippen molar-refractivity contribution in [1.82, 2.24) is 15.1 Å². The van der Waals surface area contributed by atoms with Crippen LogP contribution in [-0.2, 0) is 23.2 Å². The van der Waals surface area contributed by atoms with Crippen molar-refractivity contribution >= 4 is 11.9 Å². The first-order valence-corrected chi connectivity index (χ1v) is 8.14. The van der Waals surface area contributed by atoms with Crippen LogP contribution in [0.5, 0.6) is 0 Å². The summed E-state index contributed by atoms with van der Waals surface area (Å²) in [6.45, 7) is 2.48. The largest absolute Gasteiger partial charge is 0.481 e. The summed E-state index contributed by atoms with van der Waals surface area (Å²) in [5.74, 6) is -1.23. The molecule has 0 radical (unpaired) electrons. The Morgan fingerprint density at radius 1 is 1.29 bits per heavy atom. The molecule has 6 heteroatoms. The number of carboxylic acid groups (broad SMARTS) is 1. The minimum absolute atomic E-state index is 0.0236. The van der Waals surface area contributed by atoms with Crippen molar-refractivity contribution in [3.05, 3.63) is 53.3 Å². The third-order valence-corrected chi connectivity index (χ3v) is 4.71. The van der Waals surface area contributed by atoms with Gasteiger partial charge in [-0.3, -0.25) is 14.3 Å². The Labute approximate surface area is 140 Å². The van der Waals surface area contributed by atoms with Crippen LogP contribution in [0.3, 0.4) is 0 Å². The summed E-state index contributed by atoms with van der Waals surface area (Å²) < 4.78 is 1.87. The molecular weight excluding hydrogens is 306 g/mol. The van der Waals surface area contributed by atoms with Crippen LogP contribution < -0.4 is 5.32 Å². The number of amides is 1. The van der Waals surface area contributed by atoms with Gasteiger partial charge >= 0.3 is 5.97 Å². The van der Waals surface area contributed by atoms with Crippen LogP contribution in [0.4, 0.5) is 0 Å². The molecule has 6 nitrogen and oxygen atoms in total. The number of nitrogens with one attached hydrogen (secondary N) is 1. The topological polar surface area (TPSA) is 84.2 Å². The van der Waals surface area contributed by atoms with Gasteiger partial charge in [-0.2, -0.15) is 5.10 Å². The summed E-state index contributed by atoms with van der Waals surface area (Å²) in [5, 5.41) is 16.7. The van der Waals surface area contributed by atoms with Crippen LogP contribution in [0.2, 0.25) is 0 Å². The number of fused-ring (bicyclic) bond motifs is 1. The van der Waals surface area contributed by atoms with Gasteiger partial charge in [0.05, 0.1) is 17.5 Å². The lowest BCUT2D eigenvalue weighted by Crippen LogP contribution is -2.44. The zero-order valence-corrected chi connectivity index (χ0v) is 13.7. The van der Waals surface area contributed by atoms with Crippen molar-refractivity contribution in [1.29, 1.82) is 0 Å². The Hall–Kier alpha value is -2.63. The van der Waals surface area contributed by atoms with Crippen LogP contribution in [-0.4, -0.2) is 33.3 Å². The third-order valence-electron chi connectivity index (χ3n) is 4.71. The molecule has 0 saturated carbocycles. The SMILES string of the molecule is CC(CNC(=O)c1cnn2c1CCCC2)(C(=O)O)c1ccccc1. The fourth-order valence-electron chi connectivity index (χ4n) is 3.07. The summed E-state index contributed by atoms with van der Waals surface area (Å²) in [7, 11) is 0. The predicted molar refractivity (Wildman–Crippen MR) is 88.9 cm³/mol. The zero-order valence-electron chi connectivity index (χ0n) is 13.7. The summed E-state index contributed by atoms with van der Waals surface area (Å²) in [4.78, 5) is 24.3. The molecule has 0 bridgehead atoms. The second kappa shape index (κ2) is 6.47. The van der Waals surface area contributed by atoms with Gasteiger partial charge < -0.3 is 10.4 Å². The highest BCUT2D eigenvalue weighted by atomic mass is 16.4. The van der Waals surface area contributed by atoms with E-state index in [1.807, 2.05) is 10.7 Å². The van der Waals surface area contributed by atoms with Crippen LogP contribution in [0, 0.1) is 0 Å². The Morgan fingerprint density at radius 2 is 2.04 bits per heavy atom. The van der Waals surface area contributed by atoms with E-state index in [2.05, 4.69) is 10.4 Å². The normalized spacial score (nSPS) is 16.0. The molecule has 2 heterocycles. The summed E-state index contributed by atoms with van der Waals surface area (Å²) in [6.07, 6.45) is 4.53. The average Bonchev–Trinajstić information content (AvgIpc) is 3.04. The molecule has 2 aromatic rings. The van der Waals surface area contributed by atoms with E-state index in [9.17, 15) is 14.7 Å². The maximum Gasteiger partial charge on any atom is 0.315 e. The molecular formula is C18H21N3O3. The second-order valence-corrected chi connectivity index (χ2v) is 6.37. The quantitative estimate of drug-likeness (QED) is 0.879. The van der Waals surface area contributed by atoms with Crippen LogP contribution in [0.15, 0.2) is 36.5 Å². The molecule has 0 fully saturated rings. The van der Waals surface area contributed by atoms with Gasteiger partial charge in [0.1, 0.15) is 5.41 Å². The van der Waals surface area contributed by atoms with Gasteiger partial charge in [0.15, 0.2) is 0 Å². The lowest BCUT2D eigenvalue weighted by molar-refractivity contribution is -0.142. The summed E-state index contributed by atoms with van der Waals surface area (Å²) in [5.41, 5.74) is 0.977. The highest BCUT2D eigenvalue weighted by Gasteiger charge is 2.36. The number of carboxylic acids is 1. The Bertz CT molecular complexity index is 754. The predicted octanol–water partition coefficient (Wildman–Crippen LogP) is 1.99. The van der Waals surface area contributed by atoms with Gasteiger partial charge in [0.2, 0.25) is 0 Å². The number of aryl methyl sites for hydroxylation is 1. The Morgan fingerprint density at radius 3 is 2.75 bits per heavy atom. The number of benzene rings is 1. The number of nitrogens with zero attached hydrogens (tertiary/aromatic N) is 2. The molecule has 0 spiro atoms. The number of hydrogen-bond donors (Lipinski definition) is 2. The van der Waals surface area contributed by atoms with E-state index in [4.69, 9.17) is 0 Å². The highest BCUT2D eigenvalue weighted by molar-refractivity contribution is 5.95. The fourth-order valence-corrected chi connectivity index (χ4v) is 3.07. The molecule has 3 rings (SSSR count). The molecule has 1 aromatic heterocycles. The first-order valence-electron chi connectivity index (χ1n) is 8.14. The minimum Gasteiger partial charge on any atom is -0.481 e. The van der Waals surface area contributed by atoms with Gasteiger partial charge in [0.25, 0.3) is 5.91 Å². The molecule has 1 atom stereocenters. The van der Waals surface area contributed by atoms with Crippen molar-refractivity contribution in [3.63, 3.8) is 0 Å². The molecule has 1 aliphatic rings. The number of aromatic nitrogens is 2. The van der Waals surface area contributed by atoms with Gasteiger partial charge in [-0.25, -0.2) is 0 Å². The maximum absolute atomic E-state index is 12.5. The molecule has 1 aliphatic heterocycles. The second-order valence-electron chi connectivity index (χ2n) is 6.37. The smallest absolute Gasteiger partial charge is 0.315 e. The Kier molecular flexibility index (Phi) is 4.38. The van der Waals surface area contributed by atoms with Gasteiger partial charge in [0, 0.05) is 13.1 Å². The molecule has 126 valence electrons. The van der Waals surface area contributed by atoms with E-state index >= 15 is 0 Å². The molecule has 2 N–H and O–H groups in total. The van der Waals surface area contributed by atoms with Crippen LogP contribution in [0.25, 0.3) is 0 Å². The van der Waals surface area contributed by atoms with E-state index in [0.717, 1.165) is 31.5 Å². The third kappa shape index (κ3) is 2.91. The lowest BCUT2D eigenvalue weighted by atomic mass is 9.82. The molecule has 1 aromatic carbocycles. The van der Waals surface area contributed by atoms with Crippen LogP contribution in [0.1, 0.15) is 41.4 Å². The van der Waals surface area contributed by atoms with Gasteiger partial charge in [-0.15, -0.1) is 0 Å². The number of rotatable bonds is 5. The number of carbonyl (C=O) groups is 2. The molecule has 24 heavy (non-hydrogen) atoms. The van der Waals surface area contributed by atoms with Crippen molar-refractivity contribution in [2.24, 2.45) is 0 Å². The zero-order chi connectivity index (χ0) is 17.2. The number of carbonyl (C=O) groups excluding carboxylic acids is 1. The average molecular weight is 327 g/mol. The number of hydrogen-bond acceptors (Lipinski definition) is 3. The number of aliphatic carboxylic acids is 1. The monoisotopic (exact) mass is 327 g/mol. The maximum atomic E-state index is 12.5. The minimum atomic E-state index is -1.18. The molecule has 1 amide bonds. The van der Waals surface area contributed by atoms with Crippen molar-refractivity contribution in [2.45, 2.75) is 38.1 Å². The highest BCUT2D eigenvalue weighted by Crippen LogP contribution is 2.24. The lowest BCUT2D eigenvalue weighted by Gasteiger charge is -2.25. The van der Waals surface area contributed by atoms with E-state index < -0.39 is 11.4 Å². The molecule has 1 unspecified atom stereocenters. The summed E-state index contributed by atoms with van der Waals surface area (Å²) >= 11 is 0. The van der Waals surface area contributed by atoms with E-state index in [1.165, 1.54) is 0 Å². The first-order chi connectivity index (χ1) is 11.5. The Balaban J connectivity index is 1.77. The van der Waals surface area contributed by atoms with Crippen molar-refractivity contribution in [3.8, 4) is 0 Å². The summed E-state index contributed by atoms with van der Waals surface area (Å²) in [6, 6.07) is 8.96. The standard InChI is InChI=1S/C18H21N3O3/c1-18(17(23)24,13-7-3-2-4-8-13)12-19-16(22)14-11-20-21-10-6-5-9-15(14)21/h2-4,7-8,11H,5-6,9-10,12H2,1H3,(H,19,22)(H,23,24). The van der Waals surface area contributed by atoms with Crippen LogP contribution >= 0.6 is 0 Å². The van der Waals surface area contributed by atoms with Gasteiger partial charge in [-0.05, 0) is 31.7 Å². The van der Waals surface area contributed by atoms with Gasteiger partial charge in [-0.1, -0.05) is 30.3 Å². The van der Waals surface area contributed by atoms with Crippen molar-refractivity contribution < 1.29 is 14.7 Å². The first kappa shape index (κ1) is 16.2. The van der Waals surface area contributed by atoms with Crippen molar-refractivity contribution in [2.75, 3.05) is 6.54 Å². The van der Waals surface area contributed by atoms with E-state index in [0.29, 0.717) is 11.1 Å². The molecule has 0 aliphatic carbocycles. The molecule has 0 saturated heterocycles.